The standard InChI is InChI=1S/C16H25BrN2/c1-3-9-19-10-5-6-14(12-19)13(2)18-16-8-4-7-15(17)11-16/h4,7-8,11,13-14,18H,3,5-6,9-10,12H2,1-2H3. The van der Waals surface area contributed by atoms with Crippen molar-refractivity contribution in [3.8, 4) is 0 Å². The first-order valence-corrected chi connectivity index (χ1v) is 8.22. The first kappa shape index (κ1) is 14.9. The van der Waals surface area contributed by atoms with Gasteiger partial charge in [-0.3, -0.25) is 0 Å². The number of benzene rings is 1. The van der Waals surface area contributed by atoms with Gasteiger partial charge >= 0.3 is 0 Å². The fraction of sp³-hybridized carbons (Fsp3) is 0.625. The lowest BCUT2D eigenvalue weighted by molar-refractivity contribution is 0.165. The third-order valence-electron chi connectivity index (χ3n) is 4.01. The molecule has 0 bridgehead atoms. The number of hydrogen-bond donors (Lipinski definition) is 1. The van der Waals surface area contributed by atoms with Crippen LogP contribution in [0.1, 0.15) is 33.1 Å². The zero-order chi connectivity index (χ0) is 13.7. The van der Waals surface area contributed by atoms with Crippen LogP contribution < -0.4 is 5.32 Å². The molecule has 0 spiro atoms. The van der Waals surface area contributed by atoms with Gasteiger partial charge in [-0.1, -0.05) is 28.9 Å². The van der Waals surface area contributed by atoms with E-state index in [4.69, 9.17) is 0 Å². The van der Waals surface area contributed by atoms with Crippen LogP contribution >= 0.6 is 15.9 Å². The number of nitrogens with one attached hydrogen (secondary N) is 1. The predicted molar refractivity (Wildman–Crippen MR) is 86.7 cm³/mol. The molecule has 1 heterocycles. The Hall–Kier alpha value is -0.540. The van der Waals surface area contributed by atoms with Gasteiger partial charge in [0.25, 0.3) is 0 Å². The van der Waals surface area contributed by atoms with Gasteiger partial charge in [-0.05, 0) is 63.4 Å². The van der Waals surface area contributed by atoms with E-state index in [1.54, 1.807) is 0 Å². The summed E-state index contributed by atoms with van der Waals surface area (Å²) in [6, 6.07) is 8.99. The Morgan fingerprint density at radius 2 is 2.32 bits per heavy atom. The van der Waals surface area contributed by atoms with Crippen LogP contribution in [0.5, 0.6) is 0 Å². The maximum Gasteiger partial charge on any atom is 0.0353 e. The molecule has 1 aliphatic rings. The van der Waals surface area contributed by atoms with E-state index in [-0.39, 0.29) is 0 Å². The molecule has 106 valence electrons. The van der Waals surface area contributed by atoms with Crippen molar-refractivity contribution < 1.29 is 0 Å². The molecule has 0 saturated carbocycles. The van der Waals surface area contributed by atoms with Crippen LogP contribution in [0, 0.1) is 5.92 Å². The summed E-state index contributed by atoms with van der Waals surface area (Å²) in [4.78, 5) is 2.62. The highest BCUT2D eigenvalue weighted by Crippen LogP contribution is 2.23. The minimum Gasteiger partial charge on any atom is -0.382 e. The zero-order valence-corrected chi connectivity index (χ0v) is 13.6. The molecule has 0 amide bonds. The summed E-state index contributed by atoms with van der Waals surface area (Å²) in [6.07, 6.45) is 3.96. The quantitative estimate of drug-likeness (QED) is 0.865. The first-order chi connectivity index (χ1) is 9.19. The van der Waals surface area contributed by atoms with Crippen LogP contribution in [0.2, 0.25) is 0 Å². The number of anilines is 1. The predicted octanol–water partition coefficient (Wildman–Crippen LogP) is 4.37. The topological polar surface area (TPSA) is 15.3 Å². The third-order valence-corrected chi connectivity index (χ3v) is 4.50. The Balaban J connectivity index is 1.90. The van der Waals surface area contributed by atoms with E-state index < -0.39 is 0 Å². The van der Waals surface area contributed by atoms with E-state index in [0.717, 1.165) is 10.4 Å². The molecule has 1 saturated heterocycles. The van der Waals surface area contributed by atoms with Crippen LogP contribution in [0.4, 0.5) is 5.69 Å². The monoisotopic (exact) mass is 324 g/mol. The molecular weight excluding hydrogens is 300 g/mol. The second-order valence-corrected chi connectivity index (χ2v) is 6.56. The molecule has 1 aromatic carbocycles. The highest BCUT2D eigenvalue weighted by molar-refractivity contribution is 9.10. The minimum absolute atomic E-state index is 0.536. The second kappa shape index (κ2) is 7.30. The smallest absolute Gasteiger partial charge is 0.0353 e. The molecule has 3 heteroatoms. The summed E-state index contributed by atoms with van der Waals surface area (Å²) < 4.78 is 1.14. The molecule has 0 aliphatic carbocycles. The summed E-state index contributed by atoms with van der Waals surface area (Å²) in [7, 11) is 0. The van der Waals surface area contributed by atoms with Crippen molar-refractivity contribution in [2.45, 2.75) is 39.2 Å². The lowest BCUT2D eigenvalue weighted by Gasteiger charge is -2.36. The van der Waals surface area contributed by atoms with Gasteiger partial charge < -0.3 is 10.2 Å². The van der Waals surface area contributed by atoms with Crippen LogP contribution in [0.3, 0.4) is 0 Å². The Bertz CT molecular complexity index is 392. The molecule has 1 aromatic rings. The fourth-order valence-corrected chi connectivity index (χ4v) is 3.38. The number of likely N-dealkylation sites (tertiary alicyclic amines) is 1. The van der Waals surface area contributed by atoms with E-state index in [2.05, 4.69) is 64.3 Å². The summed E-state index contributed by atoms with van der Waals surface area (Å²) >= 11 is 3.53. The average molecular weight is 325 g/mol. The number of piperidine rings is 1. The van der Waals surface area contributed by atoms with Crippen molar-refractivity contribution in [2.24, 2.45) is 5.92 Å². The third kappa shape index (κ3) is 4.50. The highest BCUT2D eigenvalue weighted by Gasteiger charge is 2.24. The second-order valence-electron chi connectivity index (χ2n) is 5.65. The molecule has 1 aliphatic heterocycles. The first-order valence-electron chi connectivity index (χ1n) is 7.43. The van der Waals surface area contributed by atoms with E-state index in [1.807, 2.05) is 0 Å². The molecule has 0 radical (unpaired) electrons. The lowest BCUT2D eigenvalue weighted by atomic mass is 9.91. The molecule has 19 heavy (non-hydrogen) atoms. The number of nitrogens with zero attached hydrogens (tertiary/aromatic N) is 1. The largest absolute Gasteiger partial charge is 0.382 e. The van der Waals surface area contributed by atoms with Gasteiger partial charge in [-0.15, -0.1) is 0 Å². The SMILES string of the molecule is CCCN1CCCC(C(C)Nc2cccc(Br)c2)C1. The lowest BCUT2D eigenvalue weighted by Crippen LogP contribution is -2.42. The Morgan fingerprint density at radius 1 is 1.47 bits per heavy atom. The Morgan fingerprint density at radius 3 is 3.05 bits per heavy atom. The van der Waals surface area contributed by atoms with Gasteiger partial charge in [-0.25, -0.2) is 0 Å². The normalized spacial score (nSPS) is 22.2. The number of halogens is 1. The van der Waals surface area contributed by atoms with Crippen LogP contribution in [-0.4, -0.2) is 30.6 Å². The molecule has 0 aromatic heterocycles. The number of rotatable bonds is 5. The van der Waals surface area contributed by atoms with Gasteiger partial charge in [0.2, 0.25) is 0 Å². The summed E-state index contributed by atoms with van der Waals surface area (Å²) in [5.74, 6) is 0.763. The summed E-state index contributed by atoms with van der Waals surface area (Å²) in [5.41, 5.74) is 1.22. The van der Waals surface area contributed by atoms with Crippen LogP contribution in [0.25, 0.3) is 0 Å². The molecule has 2 unspecified atom stereocenters. The van der Waals surface area contributed by atoms with E-state index in [0.29, 0.717) is 6.04 Å². The average Bonchev–Trinajstić information content (AvgIpc) is 2.39. The maximum absolute atomic E-state index is 3.66. The Labute approximate surface area is 125 Å². The summed E-state index contributed by atoms with van der Waals surface area (Å²) in [5, 5.41) is 3.66. The number of hydrogen-bond acceptors (Lipinski definition) is 2. The van der Waals surface area contributed by atoms with Gasteiger partial charge in [0.15, 0.2) is 0 Å². The molecule has 2 rings (SSSR count). The van der Waals surface area contributed by atoms with Crippen LogP contribution in [0.15, 0.2) is 28.7 Å². The van der Waals surface area contributed by atoms with Crippen LogP contribution in [-0.2, 0) is 0 Å². The van der Waals surface area contributed by atoms with Crippen molar-refractivity contribution in [1.29, 1.82) is 0 Å². The molecule has 2 nitrogen and oxygen atoms in total. The van der Waals surface area contributed by atoms with Gasteiger partial charge in [0.05, 0.1) is 0 Å². The minimum atomic E-state index is 0.536. The van der Waals surface area contributed by atoms with Crippen molar-refractivity contribution in [3.63, 3.8) is 0 Å². The van der Waals surface area contributed by atoms with Crippen molar-refractivity contribution in [2.75, 3.05) is 25.0 Å². The van der Waals surface area contributed by atoms with E-state index in [9.17, 15) is 0 Å². The van der Waals surface area contributed by atoms with Gasteiger partial charge in [0, 0.05) is 22.7 Å². The summed E-state index contributed by atoms with van der Waals surface area (Å²) in [6.45, 7) is 8.37. The van der Waals surface area contributed by atoms with E-state index in [1.165, 1.54) is 44.6 Å². The van der Waals surface area contributed by atoms with E-state index >= 15 is 0 Å². The van der Waals surface area contributed by atoms with Gasteiger partial charge in [0.1, 0.15) is 0 Å². The maximum atomic E-state index is 3.66. The van der Waals surface area contributed by atoms with Gasteiger partial charge in [-0.2, -0.15) is 0 Å². The molecule has 2 atom stereocenters. The van der Waals surface area contributed by atoms with Crippen molar-refractivity contribution in [1.82, 2.24) is 4.90 Å². The Kier molecular flexibility index (Phi) is 5.71. The molecule has 1 N–H and O–H groups in total. The highest BCUT2D eigenvalue weighted by atomic mass is 79.9. The van der Waals surface area contributed by atoms with Crippen molar-refractivity contribution in [3.05, 3.63) is 28.7 Å². The fourth-order valence-electron chi connectivity index (χ4n) is 2.98. The van der Waals surface area contributed by atoms with Crippen molar-refractivity contribution >= 4 is 21.6 Å². The molecule has 1 fully saturated rings. The zero-order valence-electron chi connectivity index (χ0n) is 12.0. The molecular formula is C16H25BrN2.